The lowest BCUT2D eigenvalue weighted by Gasteiger charge is -2.00. The third kappa shape index (κ3) is 6.22. The van der Waals surface area contributed by atoms with Gasteiger partial charge in [0.05, 0.1) is 0 Å². The second kappa shape index (κ2) is 10.7. The first-order valence-electron chi connectivity index (χ1n) is 7.77. The van der Waals surface area contributed by atoms with E-state index in [4.69, 9.17) is 11.6 Å². The van der Waals surface area contributed by atoms with Gasteiger partial charge in [0.15, 0.2) is 0 Å². The second-order valence-corrected chi connectivity index (χ2v) is 5.09. The number of hydrogen-bond donors (Lipinski definition) is 0. The van der Waals surface area contributed by atoms with Crippen molar-refractivity contribution >= 4 is 11.6 Å². The zero-order chi connectivity index (χ0) is 16.2. The molecule has 0 fully saturated rings. The minimum Gasteiger partial charge on any atom is -0.210 e. The van der Waals surface area contributed by atoms with E-state index in [1.807, 2.05) is 0 Å². The van der Waals surface area contributed by atoms with Gasteiger partial charge in [0.1, 0.15) is 16.4 Å². The van der Waals surface area contributed by atoms with E-state index in [0.717, 1.165) is 38.5 Å². The first-order chi connectivity index (χ1) is 10.7. The van der Waals surface area contributed by atoms with Gasteiger partial charge in [-0.2, -0.15) is 0 Å². The molecule has 1 aromatic heterocycles. The molecule has 0 N–H and O–H groups in total. The molecule has 1 aromatic rings. The molecular formula is C19H21ClN2. The highest BCUT2D eigenvalue weighted by atomic mass is 35.5. The van der Waals surface area contributed by atoms with Gasteiger partial charge in [-0.25, -0.2) is 9.97 Å². The summed E-state index contributed by atoms with van der Waals surface area (Å²) >= 11 is 6.32. The Kier molecular flexibility index (Phi) is 8.83. The number of nitrogens with zero attached hydrogens (tertiary/aromatic N) is 2. The van der Waals surface area contributed by atoms with Gasteiger partial charge in [-0.05, 0) is 37.0 Å². The van der Waals surface area contributed by atoms with Crippen molar-refractivity contribution in [1.29, 1.82) is 0 Å². The van der Waals surface area contributed by atoms with Crippen molar-refractivity contribution in [3.8, 4) is 35.5 Å². The Hall–Kier alpha value is -1.95. The number of hydrogen-bond acceptors (Lipinski definition) is 2. The largest absolute Gasteiger partial charge is 0.210 e. The van der Waals surface area contributed by atoms with Crippen LogP contribution in [0.2, 0.25) is 5.02 Å². The van der Waals surface area contributed by atoms with E-state index >= 15 is 0 Å². The zero-order valence-electron chi connectivity index (χ0n) is 13.5. The van der Waals surface area contributed by atoms with E-state index in [9.17, 15) is 0 Å². The van der Waals surface area contributed by atoms with Crippen molar-refractivity contribution in [2.75, 3.05) is 0 Å². The lowest BCUT2D eigenvalue weighted by atomic mass is 10.2. The Labute approximate surface area is 139 Å². The highest BCUT2D eigenvalue weighted by Crippen LogP contribution is 2.17. The molecule has 0 unspecified atom stereocenters. The number of unbranched alkanes of at least 4 members (excludes halogenated alkanes) is 3. The molecule has 22 heavy (non-hydrogen) atoms. The number of halogens is 1. The topological polar surface area (TPSA) is 25.8 Å². The maximum Gasteiger partial charge on any atom is 0.207 e. The standard InChI is InChI=1S/C19H21ClN2/c1-4-7-10-13-16-19(20)17(14-11-8-5-2)22-18(21-16)15-12-9-6-3/h4-9H2,1-3H3. The SMILES string of the molecule is CCCC#Cc1nc(C#CCCC)c(Cl)c(C#CCCC)n1. The van der Waals surface area contributed by atoms with Gasteiger partial charge in [-0.1, -0.05) is 50.1 Å². The van der Waals surface area contributed by atoms with Crippen LogP contribution in [0.25, 0.3) is 0 Å². The van der Waals surface area contributed by atoms with Gasteiger partial charge in [-0.3, -0.25) is 0 Å². The fourth-order valence-corrected chi connectivity index (χ4v) is 1.66. The van der Waals surface area contributed by atoms with Crippen molar-refractivity contribution in [2.24, 2.45) is 0 Å². The predicted molar refractivity (Wildman–Crippen MR) is 92.4 cm³/mol. The number of rotatable bonds is 3. The summed E-state index contributed by atoms with van der Waals surface area (Å²) in [7, 11) is 0. The third-order valence-corrected chi connectivity index (χ3v) is 2.95. The average Bonchev–Trinajstić information content (AvgIpc) is 2.52. The normalized spacial score (nSPS) is 8.91. The van der Waals surface area contributed by atoms with Gasteiger partial charge < -0.3 is 0 Å². The Morgan fingerprint density at radius 2 is 1.14 bits per heavy atom. The first-order valence-corrected chi connectivity index (χ1v) is 8.14. The summed E-state index contributed by atoms with van der Waals surface area (Å²) in [6.45, 7) is 6.25. The molecule has 0 aliphatic carbocycles. The Morgan fingerprint density at radius 3 is 1.55 bits per heavy atom. The van der Waals surface area contributed by atoms with Gasteiger partial charge in [0.2, 0.25) is 5.82 Å². The Balaban J connectivity index is 3.23. The van der Waals surface area contributed by atoms with Crippen LogP contribution >= 0.6 is 11.6 Å². The summed E-state index contributed by atoms with van der Waals surface area (Å²) < 4.78 is 0. The minimum absolute atomic E-state index is 0.424. The van der Waals surface area contributed by atoms with E-state index in [-0.39, 0.29) is 0 Å². The van der Waals surface area contributed by atoms with Gasteiger partial charge in [0, 0.05) is 19.3 Å². The fourth-order valence-electron chi connectivity index (χ4n) is 1.48. The molecule has 0 aliphatic heterocycles. The average molecular weight is 313 g/mol. The van der Waals surface area contributed by atoms with Crippen LogP contribution < -0.4 is 0 Å². The molecule has 0 saturated heterocycles. The van der Waals surface area contributed by atoms with Crippen LogP contribution in [0.15, 0.2) is 0 Å². The van der Waals surface area contributed by atoms with Crippen LogP contribution in [0.4, 0.5) is 0 Å². The second-order valence-electron chi connectivity index (χ2n) is 4.71. The van der Waals surface area contributed by atoms with Crippen LogP contribution in [-0.2, 0) is 0 Å². The van der Waals surface area contributed by atoms with Crippen LogP contribution in [0, 0.1) is 35.5 Å². The Morgan fingerprint density at radius 1 is 0.727 bits per heavy atom. The van der Waals surface area contributed by atoms with Crippen LogP contribution in [0.5, 0.6) is 0 Å². The summed E-state index contributed by atoms with van der Waals surface area (Å²) in [4.78, 5) is 8.69. The zero-order valence-corrected chi connectivity index (χ0v) is 14.3. The monoisotopic (exact) mass is 312 g/mol. The quantitative estimate of drug-likeness (QED) is 0.763. The third-order valence-electron chi connectivity index (χ3n) is 2.59. The van der Waals surface area contributed by atoms with E-state index in [0.29, 0.717) is 22.2 Å². The summed E-state index contributed by atoms with van der Waals surface area (Å²) in [6, 6.07) is 0. The molecule has 0 atom stereocenters. The van der Waals surface area contributed by atoms with E-state index in [1.165, 1.54) is 0 Å². The molecule has 0 amide bonds. The van der Waals surface area contributed by atoms with E-state index in [1.54, 1.807) is 0 Å². The molecule has 2 nitrogen and oxygen atoms in total. The van der Waals surface area contributed by atoms with Crippen molar-refractivity contribution in [3.05, 3.63) is 22.2 Å². The smallest absolute Gasteiger partial charge is 0.207 e. The lowest BCUT2D eigenvalue weighted by Crippen LogP contribution is -1.99. The molecule has 0 radical (unpaired) electrons. The van der Waals surface area contributed by atoms with Gasteiger partial charge in [0.25, 0.3) is 0 Å². The molecule has 1 rings (SSSR count). The highest BCUT2D eigenvalue weighted by Gasteiger charge is 2.08. The van der Waals surface area contributed by atoms with E-state index in [2.05, 4.69) is 66.3 Å². The fraction of sp³-hybridized carbons (Fsp3) is 0.474. The first kappa shape index (κ1) is 18.1. The van der Waals surface area contributed by atoms with Gasteiger partial charge in [-0.15, -0.1) is 0 Å². The molecule has 0 spiro atoms. The van der Waals surface area contributed by atoms with Crippen LogP contribution in [0.1, 0.15) is 76.5 Å². The molecule has 3 heteroatoms. The van der Waals surface area contributed by atoms with Crippen molar-refractivity contribution in [3.63, 3.8) is 0 Å². The molecule has 0 bridgehead atoms. The summed E-state index contributed by atoms with van der Waals surface area (Å²) in [5.74, 6) is 18.6. The maximum atomic E-state index is 6.32. The summed E-state index contributed by atoms with van der Waals surface area (Å²) in [5, 5.41) is 0.424. The summed E-state index contributed by atoms with van der Waals surface area (Å²) in [6.07, 6.45) is 5.46. The van der Waals surface area contributed by atoms with Crippen molar-refractivity contribution in [2.45, 2.75) is 59.3 Å². The molecule has 114 valence electrons. The summed E-state index contributed by atoms with van der Waals surface area (Å²) in [5.41, 5.74) is 1.04. The molecule has 0 saturated carbocycles. The van der Waals surface area contributed by atoms with E-state index < -0.39 is 0 Å². The molecule has 1 heterocycles. The maximum absolute atomic E-state index is 6.32. The van der Waals surface area contributed by atoms with Crippen molar-refractivity contribution in [1.82, 2.24) is 9.97 Å². The Bertz CT molecular complexity index is 628. The minimum atomic E-state index is 0.424. The molecular weight excluding hydrogens is 292 g/mol. The molecule has 0 aromatic carbocycles. The number of aromatic nitrogens is 2. The van der Waals surface area contributed by atoms with Crippen LogP contribution in [-0.4, -0.2) is 9.97 Å². The van der Waals surface area contributed by atoms with Crippen molar-refractivity contribution < 1.29 is 0 Å². The lowest BCUT2D eigenvalue weighted by molar-refractivity contribution is 0.979. The van der Waals surface area contributed by atoms with Gasteiger partial charge >= 0.3 is 0 Å². The predicted octanol–water partition coefficient (Wildman–Crippen LogP) is 4.58. The highest BCUT2D eigenvalue weighted by molar-refractivity contribution is 6.32. The van der Waals surface area contributed by atoms with Crippen LogP contribution in [0.3, 0.4) is 0 Å². The molecule has 0 aliphatic rings.